The maximum atomic E-state index is 11.1. The van der Waals surface area contributed by atoms with Crippen LogP contribution >= 0.6 is 27.7 Å². The van der Waals surface area contributed by atoms with Crippen LogP contribution in [-0.4, -0.2) is 38.6 Å². The number of thioether (sulfide) groups is 1. The number of nitrogens with zero attached hydrogens (tertiary/aromatic N) is 2. The molecule has 1 atom stereocenters. The first-order chi connectivity index (χ1) is 9.52. The number of nitro groups is 1. The van der Waals surface area contributed by atoms with Crippen molar-refractivity contribution in [2.75, 3.05) is 12.4 Å². The maximum absolute atomic E-state index is 11.1. The SMILES string of the molecule is O=[N+]([O-])c1cnc2ccc(Br)cc2c1SCC(O)CO. The lowest BCUT2D eigenvalue weighted by molar-refractivity contribution is -0.387. The molecular formula is C12H11BrN2O4S. The molecule has 106 valence electrons. The molecule has 0 bridgehead atoms. The number of fused-ring (bicyclic) bond motifs is 1. The van der Waals surface area contributed by atoms with Gasteiger partial charge in [0.1, 0.15) is 6.20 Å². The average Bonchev–Trinajstić information content (AvgIpc) is 2.43. The van der Waals surface area contributed by atoms with Crippen molar-refractivity contribution in [1.29, 1.82) is 0 Å². The molecule has 0 saturated carbocycles. The number of halogens is 1. The Morgan fingerprint density at radius 2 is 2.25 bits per heavy atom. The molecule has 0 fully saturated rings. The zero-order valence-corrected chi connectivity index (χ0v) is 12.6. The molecular weight excluding hydrogens is 348 g/mol. The number of benzene rings is 1. The Morgan fingerprint density at radius 1 is 1.50 bits per heavy atom. The number of aliphatic hydroxyl groups excluding tert-OH is 2. The van der Waals surface area contributed by atoms with Gasteiger partial charge in [0.05, 0.1) is 28.0 Å². The van der Waals surface area contributed by atoms with Gasteiger partial charge in [-0.25, -0.2) is 4.98 Å². The number of aromatic nitrogens is 1. The molecule has 0 saturated heterocycles. The van der Waals surface area contributed by atoms with Gasteiger partial charge in [-0.3, -0.25) is 10.1 Å². The minimum atomic E-state index is -0.921. The summed E-state index contributed by atoms with van der Waals surface area (Å²) in [4.78, 5) is 15.1. The van der Waals surface area contributed by atoms with Crippen molar-refractivity contribution in [2.24, 2.45) is 0 Å². The quantitative estimate of drug-likeness (QED) is 0.483. The summed E-state index contributed by atoms with van der Waals surface area (Å²) in [5, 5.41) is 30.0. The third kappa shape index (κ3) is 3.26. The Labute approximate surface area is 127 Å². The van der Waals surface area contributed by atoms with E-state index in [0.29, 0.717) is 15.8 Å². The lowest BCUT2D eigenvalue weighted by Gasteiger charge is -2.09. The molecule has 8 heteroatoms. The van der Waals surface area contributed by atoms with Crippen LogP contribution in [-0.2, 0) is 0 Å². The number of rotatable bonds is 5. The molecule has 1 aromatic heterocycles. The van der Waals surface area contributed by atoms with E-state index in [2.05, 4.69) is 20.9 Å². The predicted octanol–water partition coefficient (Wildman–Crippen LogP) is 2.35. The maximum Gasteiger partial charge on any atom is 0.301 e. The first-order valence-electron chi connectivity index (χ1n) is 5.67. The normalized spacial score (nSPS) is 12.6. The average molecular weight is 359 g/mol. The lowest BCUT2D eigenvalue weighted by Crippen LogP contribution is -2.14. The first kappa shape index (κ1) is 15.2. The van der Waals surface area contributed by atoms with Crippen LogP contribution in [0.2, 0.25) is 0 Å². The molecule has 0 aliphatic carbocycles. The van der Waals surface area contributed by atoms with E-state index < -0.39 is 11.0 Å². The fraction of sp³-hybridized carbons (Fsp3) is 0.250. The number of aliphatic hydroxyl groups is 2. The van der Waals surface area contributed by atoms with Gasteiger partial charge in [-0.2, -0.15) is 0 Å². The van der Waals surface area contributed by atoms with Crippen molar-refractivity contribution >= 4 is 44.3 Å². The van der Waals surface area contributed by atoms with Gasteiger partial charge >= 0.3 is 5.69 Å². The third-order valence-corrected chi connectivity index (χ3v) is 4.35. The summed E-state index contributed by atoms with van der Waals surface area (Å²) >= 11 is 4.46. The van der Waals surface area contributed by atoms with Crippen molar-refractivity contribution in [2.45, 2.75) is 11.0 Å². The second-order valence-electron chi connectivity index (χ2n) is 4.04. The molecule has 6 nitrogen and oxygen atoms in total. The minimum Gasteiger partial charge on any atom is -0.394 e. The molecule has 0 spiro atoms. The summed E-state index contributed by atoms with van der Waals surface area (Å²) in [6, 6.07) is 5.32. The number of hydrogen-bond donors (Lipinski definition) is 2. The van der Waals surface area contributed by atoms with Gasteiger partial charge in [0.2, 0.25) is 0 Å². The summed E-state index contributed by atoms with van der Waals surface area (Å²) in [5.41, 5.74) is 0.533. The highest BCUT2D eigenvalue weighted by Crippen LogP contribution is 2.36. The van der Waals surface area contributed by atoms with Gasteiger partial charge in [-0.05, 0) is 18.2 Å². The second-order valence-corrected chi connectivity index (χ2v) is 5.98. The molecule has 2 aromatic rings. The smallest absolute Gasteiger partial charge is 0.301 e. The molecule has 0 radical (unpaired) electrons. The Morgan fingerprint density at radius 3 is 2.90 bits per heavy atom. The van der Waals surface area contributed by atoms with Gasteiger partial charge in [0, 0.05) is 15.6 Å². The first-order valence-corrected chi connectivity index (χ1v) is 7.45. The van der Waals surface area contributed by atoms with Crippen LogP contribution in [0.5, 0.6) is 0 Å². The minimum absolute atomic E-state index is 0.106. The number of pyridine rings is 1. The van der Waals surface area contributed by atoms with E-state index in [9.17, 15) is 15.2 Å². The van der Waals surface area contributed by atoms with Crippen molar-refractivity contribution < 1.29 is 15.1 Å². The molecule has 20 heavy (non-hydrogen) atoms. The van der Waals surface area contributed by atoms with Gasteiger partial charge in [0.15, 0.2) is 0 Å². The van der Waals surface area contributed by atoms with E-state index >= 15 is 0 Å². The Kier molecular flexibility index (Phi) is 4.92. The fourth-order valence-electron chi connectivity index (χ4n) is 1.64. The van der Waals surface area contributed by atoms with Crippen LogP contribution in [0, 0.1) is 10.1 Å². The highest BCUT2D eigenvalue weighted by atomic mass is 79.9. The predicted molar refractivity (Wildman–Crippen MR) is 79.9 cm³/mol. The van der Waals surface area contributed by atoms with Gasteiger partial charge < -0.3 is 10.2 Å². The van der Waals surface area contributed by atoms with Crippen LogP contribution in [0.3, 0.4) is 0 Å². The van der Waals surface area contributed by atoms with Crippen molar-refractivity contribution in [1.82, 2.24) is 4.98 Å². The Hall–Kier alpha value is -1.22. The topological polar surface area (TPSA) is 96.5 Å². The van der Waals surface area contributed by atoms with Crippen LogP contribution in [0.1, 0.15) is 0 Å². The van der Waals surface area contributed by atoms with Crippen molar-refractivity contribution in [3.05, 3.63) is 39.0 Å². The van der Waals surface area contributed by atoms with E-state index in [1.54, 1.807) is 18.2 Å². The zero-order valence-electron chi connectivity index (χ0n) is 10.2. The van der Waals surface area contributed by atoms with E-state index in [0.717, 1.165) is 16.2 Å². The van der Waals surface area contributed by atoms with E-state index in [1.165, 1.54) is 6.20 Å². The van der Waals surface area contributed by atoms with Crippen LogP contribution in [0.4, 0.5) is 5.69 Å². The second kappa shape index (κ2) is 6.49. The molecule has 0 aliphatic heterocycles. The van der Waals surface area contributed by atoms with Crippen molar-refractivity contribution in [3.63, 3.8) is 0 Å². The molecule has 0 amide bonds. The lowest BCUT2D eigenvalue weighted by atomic mass is 10.2. The Balaban J connectivity index is 2.52. The zero-order chi connectivity index (χ0) is 14.7. The monoisotopic (exact) mass is 358 g/mol. The van der Waals surface area contributed by atoms with E-state index in [1.807, 2.05) is 0 Å². The summed E-state index contributed by atoms with van der Waals surface area (Å²) in [6.45, 7) is -0.381. The van der Waals surface area contributed by atoms with Gasteiger partial charge in [0.25, 0.3) is 0 Å². The van der Waals surface area contributed by atoms with Crippen LogP contribution in [0.25, 0.3) is 10.9 Å². The van der Waals surface area contributed by atoms with E-state index in [-0.39, 0.29) is 18.0 Å². The molecule has 1 heterocycles. The van der Waals surface area contributed by atoms with Crippen molar-refractivity contribution in [3.8, 4) is 0 Å². The highest BCUT2D eigenvalue weighted by molar-refractivity contribution is 9.10. The Bertz CT molecular complexity index is 653. The summed E-state index contributed by atoms with van der Waals surface area (Å²) in [5.74, 6) is 0.170. The molecule has 1 unspecified atom stereocenters. The molecule has 1 aromatic carbocycles. The van der Waals surface area contributed by atoms with Gasteiger partial charge in [-0.15, -0.1) is 11.8 Å². The molecule has 0 aliphatic rings. The standard InChI is InChI=1S/C12H11BrN2O4S/c13-7-1-2-10-9(3-7)12(20-6-8(17)5-16)11(4-14-10)15(18)19/h1-4,8,16-17H,5-6H2. The van der Waals surface area contributed by atoms with E-state index in [4.69, 9.17) is 5.11 Å². The summed E-state index contributed by atoms with van der Waals surface area (Å²) in [7, 11) is 0. The fourth-order valence-corrected chi connectivity index (χ4v) is 3.06. The van der Waals surface area contributed by atoms with Crippen LogP contribution in [0.15, 0.2) is 33.8 Å². The summed E-state index contributed by atoms with van der Waals surface area (Å²) < 4.78 is 0.789. The molecule has 2 rings (SSSR count). The number of hydrogen-bond acceptors (Lipinski definition) is 6. The summed E-state index contributed by atoms with van der Waals surface area (Å²) in [6.07, 6.45) is 0.291. The third-order valence-electron chi connectivity index (χ3n) is 2.59. The van der Waals surface area contributed by atoms with Crippen LogP contribution < -0.4 is 0 Å². The van der Waals surface area contributed by atoms with Gasteiger partial charge in [-0.1, -0.05) is 15.9 Å². The highest BCUT2D eigenvalue weighted by Gasteiger charge is 2.19. The molecule has 2 N–H and O–H groups in total. The largest absolute Gasteiger partial charge is 0.394 e.